The van der Waals surface area contributed by atoms with E-state index in [2.05, 4.69) is 27.4 Å². The molecule has 5 nitrogen and oxygen atoms in total. The second-order valence-electron chi connectivity index (χ2n) is 3.96. The maximum atomic E-state index is 13.7. The highest BCUT2D eigenvalue weighted by Gasteiger charge is 2.11. The zero-order valence-corrected chi connectivity index (χ0v) is 12.0. The third kappa shape index (κ3) is 3.84. The lowest BCUT2D eigenvalue weighted by molar-refractivity contribution is 0.102. The molecule has 0 saturated carbocycles. The Morgan fingerprint density at radius 3 is 2.90 bits per heavy atom. The van der Waals surface area contributed by atoms with E-state index < -0.39 is 11.7 Å². The Kier molecular flexibility index (Phi) is 4.98. The van der Waals surface area contributed by atoms with Crippen molar-refractivity contribution in [3.05, 3.63) is 40.2 Å². The Hall–Kier alpha value is -2.30. The summed E-state index contributed by atoms with van der Waals surface area (Å²) in [6.45, 7) is 1.59. The Labute approximate surface area is 124 Å². The smallest absolute Gasteiger partial charge is 0.257 e. The number of halogens is 1. The molecule has 0 aliphatic heterocycles. The minimum atomic E-state index is -0.616. The highest BCUT2D eigenvalue weighted by atomic mass is 32.1. The van der Waals surface area contributed by atoms with Crippen molar-refractivity contribution in [3.63, 3.8) is 0 Å². The number of aromatic nitrogens is 2. The topological polar surface area (TPSA) is 75.1 Å². The van der Waals surface area contributed by atoms with Crippen molar-refractivity contribution in [1.29, 1.82) is 0 Å². The van der Waals surface area contributed by atoms with Crippen LogP contribution >= 0.6 is 11.3 Å². The van der Waals surface area contributed by atoms with Crippen molar-refractivity contribution in [3.8, 4) is 11.8 Å². The molecule has 7 heteroatoms. The standard InChI is InChI=1S/C14H12FN3O2S/c1-2-12-17-18-14(21-12)16-13(20)10-6-5-9(4-3-7-19)11(15)8-10/h5-6,8,19H,2,7H2,1H3,(H,16,18,20). The summed E-state index contributed by atoms with van der Waals surface area (Å²) < 4.78 is 13.7. The van der Waals surface area contributed by atoms with Crippen molar-refractivity contribution in [1.82, 2.24) is 10.2 Å². The fourth-order valence-corrected chi connectivity index (χ4v) is 2.18. The van der Waals surface area contributed by atoms with Gasteiger partial charge in [0.25, 0.3) is 5.91 Å². The number of aryl methyl sites for hydroxylation is 1. The van der Waals surface area contributed by atoms with Crippen LogP contribution in [0, 0.1) is 17.7 Å². The molecule has 0 fully saturated rings. The molecule has 0 radical (unpaired) electrons. The van der Waals surface area contributed by atoms with Gasteiger partial charge in [0, 0.05) is 5.56 Å². The Morgan fingerprint density at radius 1 is 1.48 bits per heavy atom. The van der Waals surface area contributed by atoms with Gasteiger partial charge in [-0.25, -0.2) is 4.39 Å². The van der Waals surface area contributed by atoms with Crippen LogP contribution in [-0.2, 0) is 6.42 Å². The second kappa shape index (κ2) is 6.92. The molecule has 2 N–H and O–H groups in total. The van der Waals surface area contributed by atoms with Gasteiger partial charge in [0.15, 0.2) is 0 Å². The van der Waals surface area contributed by atoms with E-state index in [9.17, 15) is 9.18 Å². The van der Waals surface area contributed by atoms with E-state index >= 15 is 0 Å². The summed E-state index contributed by atoms with van der Waals surface area (Å²) in [4.78, 5) is 12.0. The summed E-state index contributed by atoms with van der Waals surface area (Å²) in [5.74, 6) is 3.73. The van der Waals surface area contributed by atoms with E-state index in [0.717, 1.165) is 17.5 Å². The van der Waals surface area contributed by atoms with E-state index in [0.29, 0.717) is 5.13 Å². The lowest BCUT2D eigenvalue weighted by atomic mass is 10.1. The number of nitrogens with one attached hydrogen (secondary N) is 1. The maximum absolute atomic E-state index is 13.7. The number of rotatable bonds is 3. The van der Waals surface area contributed by atoms with Gasteiger partial charge in [-0.1, -0.05) is 30.1 Å². The Morgan fingerprint density at radius 2 is 2.29 bits per heavy atom. The number of carbonyl (C=O) groups excluding carboxylic acids is 1. The summed E-state index contributed by atoms with van der Waals surface area (Å²) in [5, 5.41) is 20.0. The summed E-state index contributed by atoms with van der Waals surface area (Å²) in [6, 6.07) is 3.95. The number of nitrogens with zero attached hydrogens (tertiary/aromatic N) is 2. The summed E-state index contributed by atoms with van der Waals surface area (Å²) in [6.07, 6.45) is 0.736. The fraction of sp³-hybridized carbons (Fsp3) is 0.214. The van der Waals surface area contributed by atoms with E-state index in [1.54, 1.807) is 0 Å². The lowest BCUT2D eigenvalue weighted by Gasteiger charge is -2.02. The van der Waals surface area contributed by atoms with Crippen LogP contribution in [-0.4, -0.2) is 27.8 Å². The SMILES string of the molecule is CCc1nnc(NC(=O)c2ccc(C#CCO)c(F)c2)s1. The highest BCUT2D eigenvalue weighted by molar-refractivity contribution is 7.15. The summed E-state index contributed by atoms with van der Waals surface area (Å²) >= 11 is 1.28. The molecule has 0 spiro atoms. The molecule has 0 saturated heterocycles. The van der Waals surface area contributed by atoms with Crippen LogP contribution in [0.5, 0.6) is 0 Å². The first-order valence-electron chi connectivity index (χ1n) is 6.17. The van der Waals surface area contributed by atoms with Gasteiger partial charge in [0.2, 0.25) is 5.13 Å². The van der Waals surface area contributed by atoms with Crippen LogP contribution in [0.2, 0.25) is 0 Å². The fourth-order valence-electron chi connectivity index (χ4n) is 1.51. The predicted molar refractivity (Wildman–Crippen MR) is 77.6 cm³/mol. The molecule has 1 aromatic heterocycles. The van der Waals surface area contributed by atoms with Gasteiger partial charge in [-0.2, -0.15) is 0 Å². The average molecular weight is 305 g/mol. The molecular weight excluding hydrogens is 293 g/mol. The zero-order valence-electron chi connectivity index (χ0n) is 11.2. The molecule has 0 aliphatic carbocycles. The van der Waals surface area contributed by atoms with Crippen molar-refractivity contribution in [2.75, 3.05) is 11.9 Å². The van der Waals surface area contributed by atoms with Crippen LogP contribution in [0.4, 0.5) is 9.52 Å². The molecule has 2 rings (SSSR count). The number of aliphatic hydroxyl groups excluding tert-OH is 1. The Balaban J connectivity index is 2.14. The third-order valence-corrected chi connectivity index (χ3v) is 3.51. The zero-order chi connectivity index (χ0) is 15.2. The molecule has 1 aromatic carbocycles. The lowest BCUT2D eigenvalue weighted by Crippen LogP contribution is -2.12. The molecule has 0 aliphatic rings. The van der Waals surface area contributed by atoms with Crippen LogP contribution < -0.4 is 5.32 Å². The minimum absolute atomic E-state index is 0.129. The van der Waals surface area contributed by atoms with Crippen LogP contribution in [0.15, 0.2) is 18.2 Å². The first-order valence-corrected chi connectivity index (χ1v) is 6.98. The number of hydrogen-bond donors (Lipinski definition) is 2. The minimum Gasteiger partial charge on any atom is -0.384 e. The summed E-state index contributed by atoms with van der Waals surface area (Å²) in [7, 11) is 0. The molecule has 21 heavy (non-hydrogen) atoms. The van der Waals surface area contributed by atoms with E-state index in [1.807, 2.05) is 6.92 Å². The normalized spacial score (nSPS) is 9.86. The average Bonchev–Trinajstić information content (AvgIpc) is 2.93. The molecule has 108 valence electrons. The molecular formula is C14H12FN3O2S. The number of anilines is 1. The summed E-state index contributed by atoms with van der Waals surface area (Å²) in [5.41, 5.74) is 0.292. The first kappa shape index (κ1) is 15.1. The highest BCUT2D eigenvalue weighted by Crippen LogP contribution is 2.17. The number of aliphatic hydroxyl groups is 1. The number of amides is 1. The Bertz CT molecular complexity index is 718. The molecule has 1 amide bonds. The third-order valence-electron chi connectivity index (χ3n) is 2.52. The molecule has 0 atom stereocenters. The quantitative estimate of drug-likeness (QED) is 0.849. The van der Waals surface area contributed by atoms with Crippen molar-refractivity contribution in [2.24, 2.45) is 0 Å². The van der Waals surface area contributed by atoms with Crippen molar-refractivity contribution >= 4 is 22.4 Å². The van der Waals surface area contributed by atoms with E-state index in [-0.39, 0.29) is 17.7 Å². The maximum Gasteiger partial charge on any atom is 0.257 e. The predicted octanol–water partition coefficient (Wildman–Crippen LogP) is 1.84. The van der Waals surface area contributed by atoms with Crippen molar-refractivity contribution < 1.29 is 14.3 Å². The van der Waals surface area contributed by atoms with Gasteiger partial charge < -0.3 is 5.11 Å². The van der Waals surface area contributed by atoms with E-state index in [4.69, 9.17) is 5.11 Å². The molecule has 2 aromatic rings. The number of hydrogen-bond acceptors (Lipinski definition) is 5. The molecule has 1 heterocycles. The van der Waals surface area contributed by atoms with Gasteiger partial charge in [-0.15, -0.1) is 10.2 Å². The number of benzene rings is 1. The monoisotopic (exact) mass is 305 g/mol. The van der Waals surface area contributed by atoms with E-state index in [1.165, 1.54) is 23.5 Å². The van der Waals surface area contributed by atoms with Crippen LogP contribution in [0.1, 0.15) is 27.9 Å². The second-order valence-corrected chi connectivity index (χ2v) is 5.03. The van der Waals surface area contributed by atoms with Crippen LogP contribution in [0.25, 0.3) is 0 Å². The molecule has 0 bridgehead atoms. The van der Waals surface area contributed by atoms with Gasteiger partial charge in [-0.3, -0.25) is 10.1 Å². The van der Waals surface area contributed by atoms with Gasteiger partial charge in [-0.05, 0) is 24.6 Å². The first-order chi connectivity index (χ1) is 10.1. The number of carbonyl (C=O) groups is 1. The van der Waals surface area contributed by atoms with Gasteiger partial charge >= 0.3 is 0 Å². The van der Waals surface area contributed by atoms with Crippen LogP contribution in [0.3, 0.4) is 0 Å². The van der Waals surface area contributed by atoms with Gasteiger partial charge in [0.05, 0.1) is 5.56 Å². The van der Waals surface area contributed by atoms with Crippen molar-refractivity contribution in [2.45, 2.75) is 13.3 Å². The largest absolute Gasteiger partial charge is 0.384 e. The molecule has 0 unspecified atom stereocenters. The van der Waals surface area contributed by atoms with Gasteiger partial charge in [0.1, 0.15) is 17.4 Å².